The van der Waals surface area contributed by atoms with Gasteiger partial charge in [-0.1, -0.05) is 26.0 Å². The third-order valence-corrected chi connectivity index (χ3v) is 5.99. The average Bonchev–Trinajstić information content (AvgIpc) is 3.35. The summed E-state index contributed by atoms with van der Waals surface area (Å²) in [6.07, 6.45) is 4.95. The molecule has 1 N–H and O–H groups in total. The second kappa shape index (κ2) is 7.63. The molecule has 2 heterocycles. The highest BCUT2D eigenvalue weighted by atomic mass is 16.3. The van der Waals surface area contributed by atoms with Gasteiger partial charge in [0, 0.05) is 19.0 Å². The monoisotopic (exact) mass is 407 g/mol. The molecule has 1 aliphatic carbocycles. The Kier molecular flexibility index (Phi) is 5.13. The van der Waals surface area contributed by atoms with E-state index in [-0.39, 0.29) is 23.5 Å². The molecule has 4 rings (SSSR count). The van der Waals surface area contributed by atoms with E-state index >= 15 is 0 Å². The number of carbonyl (C=O) groups is 1. The molecular weight excluding hydrogens is 378 g/mol. The number of rotatable bonds is 4. The van der Waals surface area contributed by atoms with Crippen LogP contribution in [0.5, 0.6) is 0 Å². The maximum atomic E-state index is 13.1. The molecule has 1 aromatic carbocycles. The lowest BCUT2D eigenvalue weighted by Crippen LogP contribution is -2.43. The van der Waals surface area contributed by atoms with Crippen molar-refractivity contribution in [3.05, 3.63) is 65.6 Å². The van der Waals surface area contributed by atoms with E-state index in [0.29, 0.717) is 0 Å². The number of aromatic nitrogens is 3. The lowest BCUT2D eigenvalue weighted by Gasteiger charge is -2.36. The quantitative estimate of drug-likeness (QED) is 0.687. The molecule has 0 saturated carbocycles. The van der Waals surface area contributed by atoms with E-state index in [1.54, 1.807) is 15.9 Å². The van der Waals surface area contributed by atoms with E-state index in [1.807, 2.05) is 45.2 Å². The number of benzene rings is 1. The standard InChI is InChI=1S/C23H29N5O2/c1-15-10-19-20(11-23(3,4)12-21(19)30-15)26-22(29)27(5)16(2)17-6-8-18(9-7-17)28-14-24-13-25-28/h6-10,13-14,16,20H,11-12H2,1-5H3,(H,26,29)/t16-,20-/m0/s1. The van der Waals surface area contributed by atoms with Gasteiger partial charge in [0.15, 0.2) is 0 Å². The SMILES string of the molecule is Cc1cc2c(o1)CC(C)(C)C[C@@H]2NC(=O)N(C)[C@@H](C)c1ccc(-n2cncn2)cc1. The van der Waals surface area contributed by atoms with E-state index in [4.69, 9.17) is 4.42 Å². The van der Waals surface area contributed by atoms with Crippen molar-refractivity contribution >= 4 is 6.03 Å². The summed E-state index contributed by atoms with van der Waals surface area (Å²) in [6.45, 7) is 8.43. The van der Waals surface area contributed by atoms with Crippen molar-refractivity contribution < 1.29 is 9.21 Å². The normalized spacial score (nSPS) is 18.5. The predicted molar refractivity (Wildman–Crippen MR) is 114 cm³/mol. The molecule has 2 aromatic heterocycles. The molecule has 30 heavy (non-hydrogen) atoms. The fourth-order valence-electron chi connectivity index (χ4n) is 4.21. The molecule has 0 unspecified atom stereocenters. The van der Waals surface area contributed by atoms with Gasteiger partial charge >= 0.3 is 6.03 Å². The minimum atomic E-state index is -0.0876. The molecule has 0 spiro atoms. The van der Waals surface area contributed by atoms with Crippen LogP contribution in [-0.4, -0.2) is 32.7 Å². The van der Waals surface area contributed by atoms with Gasteiger partial charge in [-0.3, -0.25) is 0 Å². The van der Waals surface area contributed by atoms with Gasteiger partial charge in [-0.2, -0.15) is 5.10 Å². The van der Waals surface area contributed by atoms with E-state index in [2.05, 4.69) is 35.3 Å². The molecule has 0 aliphatic heterocycles. The second-order valence-corrected chi connectivity index (χ2v) is 9.00. The summed E-state index contributed by atoms with van der Waals surface area (Å²) in [6, 6.07) is 9.86. The fraction of sp³-hybridized carbons (Fsp3) is 0.435. The van der Waals surface area contributed by atoms with Crippen molar-refractivity contribution in [3.63, 3.8) is 0 Å². The number of nitrogens with zero attached hydrogens (tertiary/aromatic N) is 4. The van der Waals surface area contributed by atoms with Gasteiger partial charge in [-0.25, -0.2) is 14.5 Å². The first-order chi connectivity index (χ1) is 14.2. The van der Waals surface area contributed by atoms with Gasteiger partial charge in [0.05, 0.1) is 17.8 Å². The van der Waals surface area contributed by atoms with Crippen LogP contribution in [0.25, 0.3) is 5.69 Å². The van der Waals surface area contributed by atoms with Crippen molar-refractivity contribution in [2.45, 2.75) is 52.6 Å². The van der Waals surface area contributed by atoms with Crippen LogP contribution < -0.4 is 5.32 Å². The Bertz CT molecular complexity index is 1020. The summed E-state index contributed by atoms with van der Waals surface area (Å²) in [5, 5.41) is 7.38. The summed E-state index contributed by atoms with van der Waals surface area (Å²) in [5.41, 5.74) is 3.18. The van der Waals surface area contributed by atoms with E-state index in [0.717, 1.165) is 41.2 Å². The Balaban J connectivity index is 1.47. The maximum absolute atomic E-state index is 13.1. The minimum absolute atomic E-state index is 0.0435. The molecule has 0 fully saturated rings. The number of nitrogens with one attached hydrogen (secondary N) is 1. The number of hydrogen-bond acceptors (Lipinski definition) is 4. The third kappa shape index (κ3) is 3.97. The molecule has 1 aliphatic rings. The first-order valence-electron chi connectivity index (χ1n) is 10.3. The summed E-state index contributed by atoms with van der Waals surface area (Å²) in [7, 11) is 1.83. The third-order valence-electron chi connectivity index (χ3n) is 5.99. The lowest BCUT2D eigenvalue weighted by molar-refractivity contribution is 0.178. The predicted octanol–water partition coefficient (Wildman–Crippen LogP) is 4.58. The lowest BCUT2D eigenvalue weighted by atomic mass is 9.75. The highest BCUT2D eigenvalue weighted by Crippen LogP contribution is 2.42. The zero-order valence-electron chi connectivity index (χ0n) is 18.2. The largest absolute Gasteiger partial charge is 0.466 e. The number of hydrogen-bond donors (Lipinski definition) is 1. The highest BCUT2D eigenvalue weighted by molar-refractivity contribution is 5.75. The molecule has 0 bridgehead atoms. The van der Waals surface area contributed by atoms with Crippen LogP contribution in [0.2, 0.25) is 0 Å². The van der Waals surface area contributed by atoms with Crippen LogP contribution in [0.1, 0.15) is 61.9 Å². The van der Waals surface area contributed by atoms with E-state index < -0.39 is 0 Å². The van der Waals surface area contributed by atoms with Crippen molar-refractivity contribution in [3.8, 4) is 5.69 Å². The first kappa shape index (κ1) is 20.2. The van der Waals surface area contributed by atoms with Crippen LogP contribution in [-0.2, 0) is 6.42 Å². The summed E-state index contributed by atoms with van der Waals surface area (Å²) in [4.78, 5) is 18.8. The topological polar surface area (TPSA) is 76.2 Å². The van der Waals surface area contributed by atoms with Crippen LogP contribution in [0.3, 0.4) is 0 Å². The molecular formula is C23H29N5O2. The van der Waals surface area contributed by atoms with Gasteiger partial charge < -0.3 is 14.6 Å². The van der Waals surface area contributed by atoms with Crippen LogP contribution in [0.15, 0.2) is 47.4 Å². The van der Waals surface area contributed by atoms with Gasteiger partial charge in [-0.05, 0) is 49.4 Å². The molecule has 0 radical (unpaired) electrons. The smallest absolute Gasteiger partial charge is 0.318 e. The molecule has 2 atom stereocenters. The summed E-state index contributed by atoms with van der Waals surface area (Å²) in [5.74, 6) is 1.89. The summed E-state index contributed by atoms with van der Waals surface area (Å²) >= 11 is 0. The maximum Gasteiger partial charge on any atom is 0.318 e. The van der Waals surface area contributed by atoms with Crippen LogP contribution in [0, 0.1) is 12.3 Å². The van der Waals surface area contributed by atoms with Crippen molar-refractivity contribution in [2.24, 2.45) is 5.41 Å². The molecule has 3 aromatic rings. The van der Waals surface area contributed by atoms with Gasteiger partial charge in [-0.15, -0.1) is 0 Å². The van der Waals surface area contributed by atoms with Gasteiger partial charge in [0.2, 0.25) is 0 Å². The molecule has 7 heteroatoms. The number of fused-ring (bicyclic) bond motifs is 1. The Hall–Kier alpha value is -3.09. The molecule has 158 valence electrons. The van der Waals surface area contributed by atoms with Gasteiger partial charge in [0.25, 0.3) is 0 Å². The summed E-state index contributed by atoms with van der Waals surface area (Å²) < 4.78 is 7.60. The zero-order chi connectivity index (χ0) is 21.5. The molecule has 7 nitrogen and oxygen atoms in total. The van der Waals surface area contributed by atoms with Crippen LogP contribution in [0.4, 0.5) is 4.79 Å². The van der Waals surface area contributed by atoms with Crippen molar-refractivity contribution in [1.82, 2.24) is 25.0 Å². The number of carbonyl (C=O) groups excluding carboxylic acids is 1. The Morgan fingerprint density at radius 3 is 2.73 bits per heavy atom. The van der Waals surface area contributed by atoms with Crippen molar-refractivity contribution in [2.75, 3.05) is 7.05 Å². The Morgan fingerprint density at radius 2 is 2.07 bits per heavy atom. The Morgan fingerprint density at radius 1 is 1.33 bits per heavy atom. The van der Waals surface area contributed by atoms with Gasteiger partial charge in [0.1, 0.15) is 24.2 Å². The Labute approximate surface area is 177 Å². The molecule has 0 saturated heterocycles. The minimum Gasteiger partial charge on any atom is -0.466 e. The second-order valence-electron chi connectivity index (χ2n) is 9.00. The number of amides is 2. The number of aryl methyl sites for hydroxylation is 1. The number of furan rings is 1. The van der Waals surface area contributed by atoms with Crippen LogP contribution >= 0.6 is 0 Å². The highest BCUT2D eigenvalue weighted by Gasteiger charge is 2.36. The molecule has 2 amide bonds. The first-order valence-corrected chi connectivity index (χ1v) is 10.3. The number of urea groups is 1. The zero-order valence-corrected chi connectivity index (χ0v) is 18.2. The average molecular weight is 408 g/mol. The fourth-order valence-corrected chi connectivity index (χ4v) is 4.21. The van der Waals surface area contributed by atoms with E-state index in [9.17, 15) is 4.79 Å². The van der Waals surface area contributed by atoms with E-state index in [1.165, 1.54) is 6.33 Å². The van der Waals surface area contributed by atoms with Crippen molar-refractivity contribution in [1.29, 1.82) is 0 Å².